The monoisotopic (exact) mass is 442 g/mol. The van der Waals surface area contributed by atoms with E-state index in [2.05, 4.69) is 27.1 Å². The second kappa shape index (κ2) is 10.5. The number of nitrogens with two attached hydrogens (primary N) is 1. The van der Waals surface area contributed by atoms with Crippen LogP contribution in [0.25, 0.3) is 11.0 Å². The maximum Gasteiger partial charge on any atom is 0.315 e. The summed E-state index contributed by atoms with van der Waals surface area (Å²) in [6, 6.07) is 0.236. The number of hydrogen-bond donors (Lipinski definition) is 3. The number of urea groups is 1. The van der Waals surface area contributed by atoms with Crippen molar-refractivity contribution in [1.29, 1.82) is 0 Å². The summed E-state index contributed by atoms with van der Waals surface area (Å²) >= 11 is 0. The summed E-state index contributed by atoms with van der Waals surface area (Å²) in [6.07, 6.45) is 10.7. The van der Waals surface area contributed by atoms with Gasteiger partial charge < -0.3 is 25.7 Å². The smallest absolute Gasteiger partial charge is 0.315 e. The molecular formula is C24H38N6O2. The number of fused-ring (bicyclic) bond motifs is 1. The number of carbonyl (C=O) groups is 1. The normalized spacial score (nSPS) is 17.1. The standard InChI is InChI=1S/C24H38N6O2/c1-16-17(2)27-23(25)21-22(16)30(20(29-21)11-10-18-8-9-18)13-15-32-14-12-26-24(31)28-19-6-4-3-5-7-19/h18-19H,3-15H2,1-2H3,(H2,25,27)(H2,26,28,31). The molecule has 0 aromatic carbocycles. The van der Waals surface area contributed by atoms with E-state index in [1.165, 1.54) is 38.5 Å². The molecule has 0 unspecified atom stereocenters. The van der Waals surface area contributed by atoms with Gasteiger partial charge in [-0.05, 0) is 44.6 Å². The molecule has 2 saturated carbocycles. The quantitative estimate of drug-likeness (QED) is 0.487. The van der Waals surface area contributed by atoms with Crippen LogP contribution in [0.1, 0.15) is 68.4 Å². The summed E-state index contributed by atoms with van der Waals surface area (Å²) in [4.78, 5) is 21.4. The number of aromatic nitrogens is 3. The summed E-state index contributed by atoms with van der Waals surface area (Å²) in [5.41, 5.74) is 10.2. The van der Waals surface area contributed by atoms with Crippen LogP contribution >= 0.6 is 0 Å². The van der Waals surface area contributed by atoms with Crippen molar-refractivity contribution in [3.63, 3.8) is 0 Å². The van der Waals surface area contributed by atoms with Crippen molar-refractivity contribution in [3.05, 3.63) is 17.1 Å². The fraction of sp³-hybridized carbons (Fsp3) is 0.708. The number of amides is 2. The summed E-state index contributed by atoms with van der Waals surface area (Å²) in [6.45, 7) is 6.36. The Hall–Kier alpha value is -2.35. The Balaban J connectivity index is 1.29. The summed E-state index contributed by atoms with van der Waals surface area (Å²) in [7, 11) is 0. The van der Waals surface area contributed by atoms with Crippen molar-refractivity contribution in [3.8, 4) is 0 Å². The van der Waals surface area contributed by atoms with Crippen LogP contribution in [0.2, 0.25) is 0 Å². The van der Waals surface area contributed by atoms with Crippen LogP contribution in [-0.2, 0) is 17.7 Å². The van der Waals surface area contributed by atoms with E-state index < -0.39 is 0 Å². The highest BCUT2D eigenvalue weighted by Crippen LogP contribution is 2.34. The molecule has 0 bridgehead atoms. The van der Waals surface area contributed by atoms with Crippen molar-refractivity contribution in [2.24, 2.45) is 5.92 Å². The second-order valence-corrected chi connectivity index (χ2v) is 9.41. The van der Waals surface area contributed by atoms with Gasteiger partial charge >= 0.3 is 6.03 Å². The van der Waals surface area contributed by atoms with Crippen LogP contribution in [0.15, 0.2) is 0 Å². The lowest BCUT2D eigenvalue weighted by molar-refractivity contribution is 0.128. The molecule has 2 aromatic rings. The number of nitrogens with zero attached hydrogens (tertiary/aromatic N) is 3. The lowest BCUT2D eigenvalue weighted by Crippen LogP contribution is -2.43. The molecule has 0 radical (unpaired) electrons. The first-order valence-corrected chi connectivity index (χ1v) is 12.3. The molecule has 2 aromatic heterocycles. The Morgan fingerprint density at radius 1 is 1.12 bits per heavy atom. The number of rotatable bonds is 10. The predicted molar refractivity (Wildman–Crippen MR) is 127 cm³/mol. The minimum Gasteiger partial charge on any atom is -0.382 e. The van der Waals surface area contributed by atoms with Gasteiger partial charge in [-0.25, -0.2) is 14.8 Å². The first kappa shape index (κ1) is 22.8. The number of anilines is 1. The molecule has 2 aliphatic carbocycles. The first-order chi connectivity index (χ1) is 15.5. The highest BCUT2D eigenvalue weighted by atomic mass is 16.5. The van der Waals surface area contributed by atoms with Crippen molar-refractivity contribution in [2.75, 3.05) is 25.5 Å². The van der Waals surface area contributed by atoms with Crippen LogP contribution in [0, 0.1) is 19.8 Å². The van der Waals surface area contributed by atoms with Crippen LogP contribution < -0.4 is 16.4 Å². The number of hydrogen-bond acceptors (Lipinski definition) is 5. The Morgan fingerprint density at radius 3 is 2.66 bits per heavy atom. The molecule has 4 rings (SSSR count). The molecule has 0 aliphatic heterocycles. The summed E-state index contributed by atoms with van der Waals surface area (Å²) in [5.74, 6) is 2.43. The third-order valence-corrected chi connectivity index (χ3v) is 6.88. The number of nitrogens with one attached hydrogen (secondary N) is 2. The van der Waals surface area contributed by atoms with Gasteiger partial charge in [0.05, 0.1) is 18.7 Å². The fourth-order valence-corrected chi connectivity index (χ4v) is 4.70. The van der Waals surface area contributed by atoms with E-state index >= 15 is 0 Å². The van der Waals surface area contributed by atoms with Gasteiger partial charge in [-0.1, -0.05) is 32.1 Å². The number of aryl methyl sites for hydroxylation is 3. The zero-order valence-electron chi connectivity index (χ0n) is 19.6. The van der Waals surface area contributed by atoms with Crippen LogP contribution in [-0.4, -0.2) is 46.4 Å². The minimum absolute atomic E-state index is 0.0856. The van der Waals surface area contributed by atoms with Gasteiger partial charge in [-0.2, -0.15) is 0 Å². The number of imidazole rings is 1. The maximum absolute atomic E-state index is 12.0. The molecule has 0 saturated heterocycles. The fourth-order valence-electron chi connectivity index (χ4n) is 4.70. The Kier molecular flexibility index (Phi) is 7.50. The van der Waals surface area contributed by atoms with Gasteiger partial charge in [0.1, 0.15) is 11.3 Å². The second-order valence-electron chi connectivity index (χ2n) is 9.41. The van der Waals surface area contributed by atoms with E-state index in [0.29, 0.717) is 38.2 Å². The molecule has 4 N–H and O–H groups in total. The van der Waals surface area contributed by atoms with Crippen molar-refractivity contribution in [2.45, 2.75) is 84.2 Å². The van der Waals surface area contributed by atoms with E-state index in [9.17, 15) is 4.79 Å². The minimum atomic E-state index is -0.0856. The van der Waals surface area contributed by atoms with Crippen molar-refractivity contribution in [1.82, 2.24) is 25.2 Å². The molecule has 176 valence electrons. The molecule has 2 amide bonds. The zero-order chi connectivity index (χ0) is 22.5. The van der Waals surface area contributed by atoms with E-state index in [1.54, 1.807) is 0 Å². The maximum atomic E-state index is 12.0. The average Bonchev–Trinajstić information content (AvgIpc) is 3.53. The van der Waals surface area contributed by atoms with E-state index in [4.69, 9.17) is 15.5 Å². The van der Waals surface area contributed by atoms with Gasteiger partial charge in [0.25, 0.3) is 0 Å². The Morgan fingerprint density at radius 2 is 1.91 bits per heavy atom. The summed E-state index contributed by atoms with van der Waals surface area (Å²) < 4.78 is 8.12. The predicted octanol–water partition coefficient (Wildman–Crippen LogP) is 3.62. The largest absolute Gasteiger partial charge is 0.382 e. The SMILES string of the molecule is Cc1nc(N)c2nc(CCC3CC3)n(CCOCCNC(=O)NC3CCCCC3)c2c1C. The highest BCUT2D eigenvalue weighted by Gasteiger charge is 2.23. The van der Waals surface area contributed by atoms with Crippen LogP contribution in [0.5, 0.6) is 0 Å². The summed E-state index contributed by atoms with van der Waals surface area (Å²) in [5, 5.41) is 5.98. The Bertz CT molecular complexity index is 930. The van der Waals surface area contributed by atoms with Gasteiger partial charge in [-0.3, -0.25) is 0 Å². The number of pyridine rings is 1. The number of carbonyl (C=O) groups excluding carboxylic acids is 1. The molecular weight excluding hydrogens is 404 g/mol. The molecule has 32 heavy (non-hydrogen) atoms. The topological polar surface area (TPSA) is 107 Å². The van der Waals surface area contributed by atoms with Gasteiger partial charge in [0, 0.05) is 31.2 Å². The van der Waals surface area contributed by atoms with E-state index in [0.717, 1.165) is 53.3 Å². The van der Waals surface area contributed by atoms with Crippen molar-refractivity contribution >= 4 is 22.9 Å². The third-order valence-electron chi connectivity index (χ3n) is 6.88. The third kappa shape index (κ3) is 5.71. The molecule has 0 spiro atoms. The number of nitrogen functional groups attached to an aromatic ring is 1. The van der Waals surface area contributed by atoms with E-state index in [1.807, 2.05) is 6.92 Å². The Labute approximate surface area is 190 Å². The molecule has 2 heterocycles. The molecule has 8 nitrogen and oxygen atoms in total. The average molecular weight is 443 g/mol. The lowest BCUT2D eigenvalue weighted by Gasteiger charge is -2.22. The molecule has 2 aliphatic rings. The number of ether oxygens (including phenoxy) is 1. The van der Waals surface area contributed by atoms with Gasteiger partial charge in [0.15, 0.2) is 5.82 Å². The van der Waals surface area contributed by atoms with Crippen molar-refractivity contribution < 1.29 is 9.53 Å². The molecule has 0 atom stereocenters. The van der Waals surface area contributed by atoms with Crippen LogP contribution in [0.4, 0.5) is 10.6 Å². The lowest BCUT2D eigenvalue weighted by atomic mass is 9.96. The van der Waals surface area contributed by atoms with Gasteiger partial charge in [0.2, 0.25) is 0 Å². The van der Waals surface area contributed by atoms with E-state index in [-0.39, 0.29) is 6.03 Å². The van der Waals surface area contributed by atoms with Crippen LogP contribution in [0.3, 0.4) is 0 Å². The van der Waals surface area contributed by atoms with Gasteiger partial charge in [-0.15, -0.1) is 0 Å². The highest BCUT2D eigenvalue weighted by molar-refractivity contribution is 5.88. The molecule has 8 heteroatoms. The zero-order valence-corrected chi connectivity index (χ0v) is 19.6. The first-order valence-electron chi connectivity index (χ1n) is 12.3. The molecule has 2 fully saturated rings.